The Morgan fingerprint density at radius 2 is 2.43 bits per heavy atom. The van der Waals surface area contributed by atoms with Gasteiger partial charge in [-0.1, -0.05) is 6.58 Å². The Labute approximate surface area is 42.8 Å². The predicted octanol–water partition coefficient (Wildman–Crippen LogP) is 0.573. The molecule has 0 rings (SSSR count). The number of hydrogen-bond acceptors (Lipinski definition) is 2. The lowest BCUT2D eigenvalue weighted by atomic mass is 10.6. The summed E-state index contributed by atoms with van der Waals surface area (Å²) < 4.78 is 0. The van der Waals surface area contributed by atoms with Crippen LogP contribution < -0.4 is 5.84 Å². The molecule has 2 N–H and O–H groups in total. The lowest BCUT2D eigenvalue weighted by Gasteiger charge is -1.91. The normalized spacial score (nSPS) is 7.00. The summed E-state index contributed by atoms with van der Waals surface area (Å²) in [6, 6.07) is 0. The summed E-state index contributed by atoms with van der Waals surface area (Å²) in [4.78, 5) is 3.10. The topological polar surface area (TPSA) is 33.6 Å². The van der Waals surface area contributed by atoms with E-state index in [1.165, 1.54) is 0 Å². The third-order valence-electron chi connectivity index (χ3n) is 0.515. The summed E-state index contributed by atoms with van der Waals surface area (Å²) in [7, 11) is 0. The molecule has 0 amide bonds. The van der Waals surface area contributed by atoms with Crippen LogP contribution in [0.2, 0.25) is 0 Å². The van der Waals surface area contributed by atoms with E-state index in [9.17, 15) is 0 Å². The molecule has 3 heteroatoms. The van der Waals surface area contributed by atoms with Gasteiger partial charge in [-0.15, -0.1) is 0 Å². The van der Waals surface area contributed by atoms with Crippen LogP contribution in [0.3, 0.4) is 0 Å². The second-order valence-corrected chi connectivity index (χ2v) is 1.20. The SMILES string of the molecule is C#[N+]N(N)C(=C)C. The summed E-state index contributed by atoms with van der Waals surface area (Å²) in [6.45, 7) is 9.90. The van der Waals surface area contributed by atoms with Crippen molar-refractivity contribution in [3.8, 4) is 6.57 Å². The van der Waals surface area contributed by atoms with Crippen molar-refractivity contribution in [2.45, 2.75) is 6.92 Å². The minimum absolute atomic E-state index is 0.613. The standard InChI is InChI=1S/C4H8N3/c1-4(2)7(5)6-3/h3H,1,5H2,2H3/q+1. The average molecular weight is 98.1 g/mol. The van der Waals surface area contributed by atoms with E-state index in [1.54, 1.807) is 6.92 Å². The summed E-state index contributed by atoms with van der Waals surface area (Å²) in [5, 5.41) is 1.00. The lowest BCUT2D eigenvalue weighted by Crippen LogP contribution is -2.19. The minimum atomic E-state index is 0.613. The van der Waals surface area contributed by atoms with Crippen LogP contribution in [-0.4, -0.2) is 5.12 Å². The van der Waals surface area contributed by atoms with Crippen molar-refractivity contribution >= 4 is 0 Å². The molecule has 0 spiro atoms. The number of nitrogens with two attached hydrogens (primary N) is 1. The molecule has 0 saturated heterocycles. The molecule has 0 aliphatic rings. The van der Waals surface area contributed by atoms with Crippen molar-refractivity contribution in [1.29, 1.82) is 0 Å². The fourth-order valence-corrected chi connectivity index (χ4v) is 0.0986. The Balaban J connectivity index is 3.63. The van der Waals surface area contributed by atoms with Crippen molar-refractivity contribution in [3.63, 3.8) is 0 Å². The van der Waals surface area contributed by atoms with Gasteiger partial charge in [0.25, 0.3) is 0 Å². The minimum Gasteiger partial charge on any atom is -0.178 e. The number of allylic oxidation sites excluding steroid dienone is 1. The molecule has 0 aromatic heterocycles. The van der Waals surface area contributed by atoms with Gasteiger partial charge in [-0.05, 0) is 6.92 Å². The quantitative estimate of drug-likeness (QED) is 0.384. The molecule has 0 fully saturated rings. The summed E-state index contributed by atoms with van der Waals surface area (Å²) >= 11 is 0. The monoisotopic (exact) mass is 98.1 g/mol. The molecule has 0 aliphatic heterocycles. The smallest absolute Gasteiger partial charge is 0.178 e. The van der Waals surface area contributed by atoms with E-state index in [4.69, 9.17) is 12.4 Å². The van der Waals surface area contributed by atoms with E-state index in [0.717, 1.165) is 5.12 Å². The maximum atomic E-state index is 5.06. The second-order valence-electron chi connectivity index (χ2n) is 1.20. The molecule has 7 heavy (non-hydrogen) atoms. The molecule has 0 unspecified atom stereocenters. The van der Waals surface area contributed by atoms with Gasteiger partial charge in [0.2, 0.25) is 0 Å². The highest BCUT2D eigenvalue weighted by molar-refractivity contribution is 4.87. The Hall–Kier alpha value is -1.01. The molecular weight excluding hydrogens is 90.1 g/mol. The van der Waals surface area contributed by atoms with Crippen LogP contribution in [0.15, 0.2) is 12.3 Å². The Bertz CT molecular complexity index is 111. The molecule has 0 saturated carbocycles. The van der Waals surface area contributed by atoms with E-state index in [2.05, 4.69) is 11.5 Å². The zero-order chi connectivity index (χ0) is 5.86. The van der Waals surface area contributed by atoms with Crippen molar-refractivity contribution in [2.24, 2.45) is 5.84 Å². The molecule has 0 radical (unpaired) electrons. The fraction of sp³-hybridized carbons (Fsp3) is 0.250. The zero-order valence-electron chi connectivity index (χ0n) is 4.26. The first-order valence-corrected chi connectivity index (χ1v) is 1.79. The zero-order valence-corrected chi connectivity index (χ0v) is 4.26. The van der Waals surface area contributed by atoms with E-state index in [0.29, 0.717) is 5.70 Å². The predicted molar refractivity (Wildman–Crippen MR) is 29.1 cm³/mol. The number of nitrogens with zero attached hydrogens (tertiary/aromatic N) is 2. The molecule has 38 valence electrons. The van der Waals surface area contributed by atoms with Crippen LogP contribution in [0.5, 0.6) is 0 Å². The van der Waals surface area contributed by atoms with Crippen LogP contribution >= 0.6 is 0 Å². The highest BCUT2D eigenvalue weighted by Crippen LogP contribution is 1.89. The van der Waals surface area contributed by atoms with Gasteiger partial charge in [0.15, 0.2) is 0 Å². The maximum absolute atomic E-state index is 5.06. The largest absolute Gasteiger partial charge is 0.307 e. The molecule has 0 aromatic rings. The van der Waals surface area contributed by atoms with Crippen molar-refractivity contribution < 1.29 is 0 Å². The summed E-state index contributed by atoms with van der Waals surface area (Å²) in [5.74, 6) is 5.06. The number of rotatable bonds is 1. The molecule has 3 nitrogen and oxygen atoms in total. The Morgan fingerprint density at radius 1 is 2.00 bits per heavy atom. The molecule has 0 bridgehead atoms. The molecule has 0 aromatic carbocycles. The van der Waals surface area contributed by atoms with Crippen molar-refractivity contribution in [1.82, 2.24) is 5.12 Å². The second kappa shape index (κ2) is 2.21. The number of hydrogen-bond donors (Lipinski definition) is 1. The fourth-order valence-electron chi connectivity index (χ4n) is 0.0986. The summed E-state index contributed by atoms with van der Waals surface area (Å²) in [5.41, 5.74) is 0.613. The first kappa shape index (κ1) is 5.99. The van der Waals surface area contributed by atoms with Gasteiger partial charge in [0, 0.05) is 5.12 Å². The van der Waals surface area contributed by atoms with Crippen LogP contribution in [0.4, 0.5) is 0 Å². The van der Waals surface area contributed by atoms with Gasteiger partial charge in [-0.3, -0.25) is 0 Å². The van der Waals surface area contributed by atoms with Gasteiger partial charge in [0.05, 0.1) is 0 Å². The first-order chi connectivity index (χ1) is 3.18. The van der Waals surface area contributed by atoms with Crippen molar-refractivity contribution in [3.05, 3.63) is 17.2 Å². The number of hydrazine groups is 1. The van der Waals surface area contributed by atoms with Crippen LogP contribution in [-0.2, 0) is 0 Å². The molecular formula is C4H8N3+. The van der Waals surface area contributed by atoms with Crippen LogP contribution in [0, 0.1) is 6.57 Å². The third-order valence-corrected chi connectivity index (χ3v) is 0.515. The molecule has 0 atom stereocenters. The average Bonchev–Trinajstić information content (AvgIpc) is 1.65. The molecule has 0 heterocycles. The van der Waals surface area contributed by atoms with Gasteiger partial charge < -0.3 is 0 Å². The Morgan fingerprint density at radius 3 is 2.43 bits per heavy atom. The van der Waals surface area contributed by atoms with Gasteiger partial charge in [0.1, 0.15) is 10.7 Å². The van der Waals surface area contributed by atoms with E-state index >= 15 is 0 Å². The maximum Gasteiger partial charge on any atom is 0.307 e. The van der Waals surface area contributed by atoms with Crippen molar-refractivity contribution in [2.75, 3.05) is 0 Å². The highest BCUT2D eigenvalue weighted by atomic mass is 15.6. The first-order valence-electron chi connectivity index (χ1n) is 1.79. The Kier molecular flexibility index (Phi) is 1.89. The van der Waals surface area contributed by atoms with Crippen LogP contribution in [0.25, 0.3) is 4.95 Å². The van der Waals surface area contributed by atoms with E-state index in [-0.39, 0.29) is 0 Å². The van der Waals surface area contributed by atoms with Gasteiger partial charge >= 0.3 is 6.57 Å². The van der Waals surface area contributed by atoms with Gasteiger partial charge in [-0.2, -0.15) is 5.84 Å². The van der Waals surface area contributed by atoms with Crippen LogP contribution in [0.1, 0.15) is 6.92 Å². The lowest BCUT2D eigenvalue weighted by molar-refractivity contribution is 0.491. The summed E-state index contributed by atoms with van der Waals surface area (Å²) in [6.07, 6.45) is 0. The van der Waals surface area contributed by atoms with Gasteiger partial charge in [-0.25, -0.2) is 0 Å². The molecule has 0 aliphatic carbocycles. The third kappa shape index (κ3) is 1.79. The highest BCUT2D eigenvalue weighted by Gasteiger charge is 1.98. The van der Waals surface area contributed by atoms with E-state index < -0.39 is 0 Å². The van der Waals surface area contributed by atoms with E-state index in [1.807, 2.05) is 0 Å².